The number of imidazole rings is 1. The summed E-state index contributed by atoms with van der Waals surface area (Å²) in [5, 5.41) is 0. The van der Waals surface area contributed by atoms with Crippen LogP contribution in [-0.4, -0.2) is 46.9 Å². The van der Waals surface area contributed by atoms with Crippen molar-refractivity contribution in [1.82, 2.24) is 24.7 Å². The summed E-state index contributed by atoms with van der Waals surface area (Å²) in [6, 6.07) is 0.745. The molecule has 3 fully saturated rings. The Labute approximate surface area is 196 Å². The van der Waals surface area contributed by atoms with Gasteiger partial charge in [-0.2, -0.15) is 13.2 Å². The van der Waals surface area contributed by atoms with E-state index in [-0.39, 0.29) is 34.0 Å². The number of alkyl halides is 3. The number of ether oxygens (including phenoxy) is 1. The van der Waals surface area contributed by atoms with E-state index in [1.165, 1.54) is 21.9 Å². The van der Waals surface area contributed by atoms with Crippen molar-refractivity contribution >= 4 is 21.4 Å². The van der Waals surface area contributed by atoms with Gasteiger partial charge < -0.3 is 4.74 Å². The molecule has 2 N–H and O–H groups in total. The summed E-state index contributed by atoms with van der Waals surface area (Å²) in [5.74, 6) is 0.152. The molecule has 4 heterocycles. The predicted molar refractivity (Wildman–Crippen MR) is 116 cm³/mol. The molecule has 1 saturated carbocycles. The van der Waals surface area contributed by atoms with Crippen LogP contribution in [0.4, 0.5) is 13.2 Å². The molecule has 2 saturated heterocycles. The summed E-state index contributed by atoms with van der Waals surface area (Å²) in [6.07, 6.45) is 1.31. The lowest BCUT2D eigenvalue weighted by Crippen LogP contribution is -2.54. The van der Waals surface area contributed by atoms with E-state index >= 15 is 0 Å². The summed E-state index contributed by atoms with van der Waals surface area (Å²) >= 11 is 3.09. The van der Waals surface area contributed by atoms with Crippen LogP contribution in [0, 0.1) is 11.3 Å². The third-order valence-electron chi connectivity index (χ3n) is 7.24. The van der Waals surface area contributed by atoms with Crippen LogP contribution in [0.1, 0.15) is 47.8 Å². The summed E-state index contributed by atoms with van der Waals surface area (Å²) in [5.41, 5.74) is 4.21. The van der Waals surface area contributed by atoms with Gasteiger partial charge in [-0.15, -0.1) is 0 Å². The number of halogens is 4. The first-order valence-corrected chi connectivity index (χ1v) is 11.5. The zero-order valence-corrected chi connectivity index (χ0v) is 18.9. The lowest BCUT2D eigenvalue weighted by molar-refractivity contribution is -0.167. The van der Waals surface area contributed by atoms with Crippen LogP contribution in [0.25, 0.3) is 5.52 Å². The number of hydrazine groups is 1. The monoisotopic (exact) mass is 520 g/mol. The molecule has 32 heavy (non-hydrogen) atoms. The van der Waals surface area contributed by atoms with E-state index < -0.39 is 30.6 Å². The molecule has 176 valence electrons. The van der Waals surface area contributed by atoms with Crippen molar-refractivity contribution in [1.29, 1.82) is 0 Å². The van der Waals surface area contributed by atoms with E-state index in [1.807, 2.05) is 0 Å². The number of aromatic nitrogens is 2. The van der Waals surface area contributed by atoms with Crippen molar-refractivity contribution < 1.29 is 22.0 Å². The van der Waals surface area contributed by atoms with Crippen molar-refractivity contribution in [2.45, 2.75) is 50.5 Å². The average Bonchev–Trinajstić information content (AvgIpc) is 3.34. The molecule has 0 spiro atoms. The maximum atomic E-state index is 13.6. The molecule has 0 radical (unpaired) electrons. The van der Waals surface area contributed by atoms with Crippen molar-refractivity contribution in [3.8, 4) is 0 Å². The Balaban J connectivity index is 1.42. The molecule has 3 unspecified atom stereocenters. The summed E-state index contributed by atoms with van der Waals surface area (Å²) < 4.78 is 72.6. The second-order valence-electron chi connectivity index (χ2n) is 9.19. The summed E-state index contributed by atoms with van der Waals surface area (Å²) in [6.45, 7) is -1.05. The van der Waals surface area contributed by atoms with E-state index in [4.69, 9.17) is 8.85 Å². The minimum atomic E-state index is -4.59. The Morgan fingerprint density at radius 3 is 2.84 bits per heavy atom. The number of nitrogens with one attached hydrogen (secondary N) is 2. The van der Waals surface area contributed by atoms with Crippen molar-refractivity contribution in [2.24, 2.45) is 11.3 Å². The third-order valence-corrected chi connectivity index (χ3v) is 7.68. The maximum absolute atomic E-state index is 13.6. The van der Waals surface area contributed by atoms with Gasteiger partial charge in [0.25, 0.3) is 0 Å². The Hall–Kier alpha value is -1.40. The SMILES string of the molecule is [2H]C([2H])([2H])N1CNNC1CC1(C2CCCC(n3cc4c(C(F)(F)F)cc(Br)cn4c3=O)C2)COC1. The average molecular weight is 521 g/mol. The van der Waals surface area contributed by atoms with Gasteiger partial charge in [-0.3, -0.25) is 13.9 Å². The molecule has 5 rings (SSSR count). The molecular weight excluding hydrogens is 491 g/mol. The van der Waals surface area contributed by atoms with Gasteiger partial charge in [-0.1, -0.05) is 6.42 Å². The second kappa shape index (κ2) is 8.12. The fraction of sp³-hybridized carbons (Fsp3) is 0.667. The standard InChI is InChI=1S/C21H27BrF3N5O2/c1-28-12-26-27-18(28)7-20(10-32-11-20)13-3-2-4-15(5-13)29-9-17-16(21(23,24)25)6-14(22)8-30(17)19(29)31/h6,8-9,13,15,18,26-27H,2-5,7,10-12H2,1H3/i1D3. The zero-order valence-electron chi connectivity index (χ0n) is 20.3. The number of nitrogens with zero attached hydrogens (tertiary/aromatic N) is 3. The molecule has 3 atom stereocenters. The number of rotatable bonds is 4. The Morgan fingerprint density at radius 2 is 2.16 bits per heavy atom. The normalized spacial score (nSPS) is 30.6. The van der Waals surface area contributed by atoms with Gasteiger partial charge in [0.05, 0.1) is 37.1 Å². The molecule has 0 bridgehead atoms. The lowest BCUT2D eigenvalue weighted by atomic mass is 9.64. The van der Waals surface area contributed by atoms with Crippen molar-refractivity contribution in [3.05, 3.63) is 39.0 Å². The van der Waals surface area contributed by atoms with Gasteiger partial charge in [0.15, 0.2) is 0 Å². The highest BCUT2D eigenvalue weighted by Gasteiger charge is 2.49. The number of hydrogen-bond donors (Lipinski definition) is 2. The van der Waals surface area contributed by atoms with Crippen LogP contribution in [0.15, 0.2) is 27.7 Å². The Morgan fingerprint density at radius 1 is 1.34 bits per heavy atom. The molecule has 0 aromatic carbocycles. The van der Waals surface area contributed by atoms with Gasteiger partial charge in [-0.05, 0) is 60.6 Å². The summed E-state index contributed by atoms with van der Waals surface area (Å²) in [4.78, 5) is 14.6. The first-order chi connectivity index (χ1) is 16.4. The summed E-state index contributed by atoms with van der Waals surface area (Å²) in [7, 11) is 0. The van der Waals surface area contributed by atoms with Crippen LogP contribution in [0.3, 0.4) is 0 Å². The molecule has 2 aliphatic heterocycles. The Bertz CT molecular complexity index is 1160. The molecule has 11 heteroatoms. The molecule has 1 aliphatic carbocycles. The highest BCUT2D eigenvalue weighted by Crippen LogP contribution is 2.49. The predicted octanol–water partition coefficient (Wildman–Crippen LogP) is 3.34. The van der Waals surface area contributed by atoms with Crippen molar-refractivity contribution in [2.75, 3.05) is 26.9 Å². The second-order valence-corrected chi connectivity index (χ2v) is 10.1. The van der Waals surface area contributed by atoms with Gasteiger partial charge in [0.2, 0.25) is 0 Å². The van der Waals surface area contributed by atoms with Crippen LogP contribution in [0.5, 0.6) is 0 Å². The van der Waals surface area contributed by atoms with E-state index in [9.17, 15) is 18.0 Å². The first-order valence-electron chi connectivity index (χ1n) is 12.2. The van der Waals surface area contributed by atoms with Crippen LogP contribution < -0.4 is 16.5 Å². The van der Waals surface area contributed by atoms with E-state index in [0.717, 1.165) is 23.3 Å². The Kier molecular flexibility index (Phi) is 4.81. The zero-order chi connectivity index (χ0) is 25.2. The minimum Gasteiger partial charge on any atom is -0.380 e. The quantitative estimate of drug-likeness (QED) is 0.647. The van der Waals surface area contributed by atoms with E-state index in [0.29, 0.717) is 32.5 Å². The molecular formula is C21H27BrF3N5O2. The van der Waals surface area contributed by atoms with Crippen LogP contribution in [0.2, 0.25) is 0 Å². The van der Waals surface area contributed by atoms with E-state index in [2.05, 4.69) is 26.8 Å². The van der Waals surface area contributed by atoms with Gasteiger partial charge in [0, 0.05) is 32.4 Å². The highest BCUT2D eigenvalue weighted by molar-refractivity contribution is 9.10. The molecule has 0 amide bonds. The van der Waals surface area contributed by atoms with E-state index in [1.54, 1.807) is 0 Å². The molecule has 7 nitrogen and oxygen atoms in total. The van der Waals surface area contributed by atoms with Crippen LogP contribution in [-0.2, 0) is 10.9 Å². The van der Waals surface area contributed by atoms with Crippen LogP contribution >= 0.6 is 15.9 Å². The largest absolute Gasteiger partial charge is 0.418 e. The molecule has 2 aromatic heterocycles. The number of pyridine rings is 1. The topological polar surface area (TPSA) is 62.9 Å². The third kappa shape index (κ3) is 3.81. The van der Waals surface area contributed by atoms with Gasteiger partial charge >= 0.3 is 11.9 Å². The number of hydrogen-bond acceptors (Lipinski definition) is 5. The molecule has 3 aliphatic rings. The maximum Gasteiger partial charge on any atom is 0.418 e. The first kappa shape index (κ1) is 19.0. The minimum absolute atomic E-state index is 0.152. The lowest BCUT2D eigenvalue weighted by Gasteiger charge is -2.51. The highest BCUT2D eigenvalue weighted by atomic mass is 79.9. The molecule has 2 aromatic rings. The fourth-order valence-corrected chi connectivity index (χ4v) is 5.94. The van der Waals surface area contributed by atoms with Gasteiger partial charge in [0.1, 0.15) is 0 Å². The fourth-order valence-electron chi connectivity index (χ4n) is 5.50. The van der Waals surface area contributed by atoms with Crippen molar-refractivity contribution in [3.63, 3.8) is 0 Å². The number of fused-ring (bicyclic) bond motifs is 1. The van der Waals surface area contributed by atoms with Gasteiger partial charge in [-0.25, -0.2) is 15.6 Å². The smallest absolute Gasteiger partial charge is 0.380 e.